The van der Waals surface area contributed by atoms with Gasteiger partial charge in [-0.05, 0) is 6.92 Å². The second kappa shape index (κ2) is 2.76. The second-order valence-electron chi connectivity index (χ2n) is 2.22. The molecule has 0 aliphatic carbocycles. The number of rotatable bonds is 3. The van der Waals surface area contributed by atoms with Gasteiger partial charge in [0.15, 0.2) is 5.66 Å². The number of hydrogen-bond donors (Lipinski definition) is 3. The molecule has 0 fully saturated rings. The highest BCUT2D eigenvalue weighted by Crippen LogP contribution is 1.98. The Labute approximate surface area is 58.0 Å². The lowest BCUT2D eigenvalue weighted by molar-refractivity contribution is -0.145. The van der Waals surface area contributed by atoms with E-state index in [1.54, 1.807) is 0 Å². The molecule has 0 rings (SSSR count). The van der Waals surface area contributed by atoms with Gasteiger partial charge in [0.2, 0.25) is 0 Å². The third-order valence-electron chi connectivity index (χ3n) is 0.940. The van der Waals surface area contributed by atoms with Crippen molar-refractivity contribution in [3.8, 4) is 0 Å². The van der Waals surface area contributed by atoms with Crippen LogP contribution in [0.15, 0.2) is 0 Å². The van der Waals surface area contributed by atoms with Crippen molar-refractivity contribution in [3.05, 3.63) is 0 Å². The fourth-order valence-electron chi connectivity index (χ4n) is 0.488. The fourth-order valence-corrected chi connectivity index (χ4v) is 0.488. The summed E-state index contributed by atoms with van der Waals surface area (Å²) >= 11 is 0. The summed E-state index contributed by atoms with van der Waals surface area (Å²) in [6, 6.07) is 0. The van der Waals surface area contributed by atoms with Gasteiger partial charge in [-0.1, -0.05) is 0 Å². The molecule has 5 N–H and O–H groups in total. The maximum Gasteiger partial charge on any atom is 0.338 e. The van der Waals surface area contributed by atoms with E-state index < -0.39 is 11.6 Å². The molecule has 0 saturated heterocycles. The molecule has 0 aliphatic rings. The first-order valence-electron chi connectivity index (χ1n) is 2.67. The SMILES string of the molecule is CC(=O)CC(N)(N)C(=O)O. The topological polar surface area (TPSA) is 106 Å². The zero-order chi connectivity index (χ0) is 8.36. The Morgan fingerprint density at radius 1 is 1.50 bits per heavy atom. The monoisotopic (exact) mass is 146 g/mol. The molecule has 0 aromatic carbocycles. The van der Waals surface area contributed by atoms with Gasteiger partial charge in [0.1, 0.15) is 5.78 Å². The molecule has 0 bridgehead atoms. The Bertz CT molecular complexity index is 164. The zero-order valence-electron chi connectivity index (χ0n) is 5.63. The van der Waals surface area contributed by atoms with Crippen LogP contribution in [0.5, 0.6) is 0 Å². The molecule has 0 saturated carbocycles. The third-order valence-corrected chi connectivity index (χ3v) is 0.940. The van der Waals surface area contributed by atoms with Crippen LogP contribution in [0.3, 0.4) is 0 Å². The highest BCUT2D eigenvalue weighted by Gasteiger charge is 2.29. The maximum absolute atomic E-state index is 10.3. The summed E-state index contributed by atoms with van der Waals surface area (Å²) in [5.41, 5.74) is 8.12. The van der Waals surface area contributed by atoms with Gasteiger partial charge in [0.25, 0.3) is 0 Å². The van der Waals surface area contributed by atoms with Gasteiger partial charge in [0.05, 0.1) is 0 Å². The lowest BCUT2D eigenvalue weighted by Crippen LogP contribution is -2.57. The highest BCUT2D eigenvalue weighted by atomic mass is 16.4. The van der Waals surface area contributed by atoms with Crippen LogP contribution in [0.4, 0.5) is 0 Å². The van der Waals surface area contributed by atoms with E-state index in [1.807, 2.05) is 0 Å². The van der Waals surface area contributed by atoms with Crippen molar-refractivity contribution in [1.29, 1.82) is 0 Å². The van der Waals surface area contributed by atoms with Gasteiger partial charge in [-0.25, -0.2) is 4.79 Å². The average Bonchev–Trinajstić information content (AvgIpc) is 1.60. The van der Waals surface area contributed by atoms with Crippen molar-refractivity contribution in [2.75, 3.05) is 0 Å². The number of ketones is 1. The molecule has 5 nitrogen and oxygen atoms in total. The van der Waals surface area contributed by atoms with E-state index in [0.717, 1.165) is 0 Å². The van der Waals surface area contributed by atoms with Crippen molar-refractivity contribution in [3.63, 3.8) is 0 Å². The van der Waals surface area contributed by atoms with Crippen molar-refractivity contribution in [2.24, 2.45) is 11.5 Å². The van der Waals surface area contributed by atoms with E-state index in [9.17, 15) is 9.59 Å². The molecule has 0 amide bonds. The second-order valence-corrected chi connectivity index (χ2v) is 2.22. The first-order chi connectivity index (χ1) is 4.36. The van der Waals surface area contributed by atoms with E-state index in [0.29, 0.717) is 0 Å². The maximum atomic E-state index is 10.3. The molecule has 0 spiro atoms. The predicted molar refractivity (Wildman–Crippen MR) is 34.0 cm³/mol. The van der Waals surface area contributed by atoms with Gasteiger partial charge in [-0.15, -0.1) is 0 Å². The molecule has 0 aromatic heterocycles. The lowest BCUT2D eigenvalue weighted by Gasteiger charge is -2.16. The molecule has 5 heteroatoms. The van der Waals surface area contributed by atoms with Gasteiger partial charge in [0, 0.05) is 6.42 Å². The van der Waals surface area contributed by atoms with Crippen LogP contribution in [0, 0.1) is 0 Å². The molecule has 0 aromatic rings. The van der Waals surface area contributed by atoms with Crippen LogP contribution < -0.4 is 11.5 Å². The van der Waals surface area contributed by atoms with Gasteiger partial charge in [-0.2, -0.15) is 0 Å². The van der Waals surface area contributed by atoms with E-state index in [1.165, 1.54) is 6.92 Å². The number of carbonyl (C=O) groups is 2. The normalized spacial score (nSPS) is 11.1. The number of carbonyl (C=O) groups excluding carboxylic acids is 1. The van der Waals surface area contributed by atoms with Gasteiger partial charge < -0.3 is 16.6 Å². The summed E-state index contributed by atoms with van der Waals surface area (Å²) in [6.45, 7) is 1.23. The van der Waals surface area contributed by atoms with Crippen molar-refractivity contribution in [1.82, 2.24) is 0 Å². The van der Waals surface area contributed by atoms with Crippen molar-refractivity contribution >= 4 is 11.8 Å². The first-order valence-corrected chi connectivity index (χ1v) is 2.67. The Balaban J connectivity index is 4.13. The molecule has 0 heterocycles. The van der Waals surface area contributed by atoms with Crippen LogP contribution in [0.25, 0.3) is 0 Å². The third kappa shape index (κ3) is 2.56. The van der Waals surface area contributed by atoms with Gasteiger partial charge in [-0.3, -0.25) is 4.79 Å². The van der Waals surface area contributed by atoms with Crippen LogP contribution in [0.2, 0.25) is 0 Å². The van der Waals surface area contributed by atoms with E-state index in [2.05, 4.69) is 0 Å². The minimum atomic E-state index is -1.91. The van der Waals surface area contributed by atoms with E-state index in [4.69, 9.17) is 16.6 Å². The molecule has 0 atom stereocenters. The quantitative estimate of drug-likeness (QED) is 0.427. The Morgan fingerprint density at radius 2 is 1.90 bits per heavy atom. The molecular formula is C5H10N2O3. The Hall–Kier alpha value is -0.940. The van der Waals surface area contributed by atoms with Crippen LogP contribution in [-0.4, -0.2) is 22.5 Å². The number of Topliss-reactive ketones (excluding diaryl/α,β-unsaturated/α-hetero) is 1. The molecule has 0 radical (unpaired) electrons. The van der Waals surface area contributed by atoms with E-state index >= 15 is 0 Å². The largest absolute Gasteiger partial charge is 0.479 e. The molecular weight excluding hydrogens is 136 g/mol. The van der Waals surface area contributed by atoms with Crippen LogP contribution >= 0.6 is 0 Å². The number of nitrogens with two attached hydrogens (primary N) is 2. The molecule has 58 valence electrons. The van der Waals surface area contributed by atoms with Crippen LogP contribution in [-0.2, 0) is 9.59 Å². The van der Waals surface area contributed by atoms with Gasteiger partial charge >= 0.3 is 5.97 Å². The summed E-state index contributed by atoms with van der Waals surface area (Å²) < 4.78 is 0. The number of carboxylic acids is 1. The summed E-state index contributed by atoms with van der Waals surface area (Å²) in [4.78, 5) is 20.5. The van der Waals surface area contributed by atoms with Crippen LogP contribution in [0.1, 0.15) is 13.3 Å². The number of hydrogen-bond acceptors (Lipinski definition) is 4. The summed E-state index contributed by atoms with van der Waals surface area (Å²) in [6.07, 6.45) is -0.345. The zero-order valence-corrected chi connectivity index (χ0v) is 5.63. The van der Waals surface area contributed by atoms with Crippen molar-refractivity contribution in [2.45, 2.75) is 19.0 Å². The first kappa shape index (κ1) is 9.06. The fraction of sp³-hybridized carbons (Fsp3) is 0.600. The van der Waals surface area contributed by atoms with Crippen molar-refractivity contribution < 1.29 is 14.7 Å². The molecule has 10 heavy (non-hydrogen) atoms. The average molecular weight is 146 g/mol. The molecule has 0 unspecified atom stereocenters. The summed E-state index contributed by atoms with van der Waals surface area (Å²) in [7, 11) is 0. The van der Waals surface area contributed by atoms with E-state index in [-0.39, 0.29) is 12.2 Å². The smallest absolute Gasteiger partial charge is 0.338 e. The molecule has 0 aliphatic heterocycles. The highest BCUT2D eigenvalue weighted by molar-refractivity contribution is 5.86. The minimum absolute atomic E-state index is 0.340. The Morgan fingerprint density at radius 3 is 2.00 bits per heavy atom. The summed E-state index contributed by atoms with van der Waals surface area (Å²) in [5, 5.41) is 8.29. The lowest BCUT2D eigenvalue weighted by atomic mass is 10.1. The number of aliphatic carboxylic acids is 1. The minimum Gasteiger partial charge on any atom is -0.479 e. The predicted octanol–water partition coefficient (Wildman–Crippen LogP) is -1.34. The number of carboxylic acid groups (broad SMARTS) is 1. The standard InChI is InChI=1S/C5H10N2O3/c1-3(8)2-5(6,7)4(9)10/h2,6-7H2,1H3,(H,9,10). The Kier molecular flexibility index (Phi) is 2.50. The summed E-state index contributed by atoms with van der Waals surface area (Å²) in [5.74, 6) is -1.71.